The second kappa shape index (κ2) is 6.76. The number of amides is 1. The van der Waals surface area contributed by atoms with Crippen LogP contribution in [0, 0.1) is 0 Å². The van der Waals surface area contributed by atoms with Crippen LogP contribution >= 0.6 is 0 Å². The number of aliphatic hydroxyl groups is 1. The van der Waals surface area contributed by atoms with Gasteiger partial charge in [-0.15, -0.1) is 0 Å². The minimum atomic E-state index is -0.577. The third-order valence-electron chi connectivity index (χ3n) is 2.31. The number of methoxy groups -OCH3 is 1. The van der Waals surface area contributed by atoms with Crippen molar-refractivity contribution in [2.75, 3.05) is 27.3 Å². The van der Waals surface area contributed by atoms with Crippen LogP contribution in [0.15, 0.2) is 0 Å². The van der Waals surface area contributed by atoms with Crippen molar-refractivity contribution in [2.24, 2.45) is 0 Å². The highest BCUT2D eigenvalue weighted by Gasteiger charge is 2.24. The Morgan fingerprint density at radius 1 is 1.53 bits per heavy atom. The Labute approximate surface area is 91.2 Å². The standard InChI is InChI=1S/C10H22N2O3/c1-10(2,11-3)9(14)12-6-5-8(13)7-15-4/h8,11,13H,5-7H2,1-4H3,(H,12,14). The first-order chi connectivity index (χ1) is 6.94. The molecule has 0 aromatic carbocycles. The van der Waals surface area contributed by atoms with Crippen molar-refractivity contribution in [2.45, 2.75) is 31.9 Å². The third-order valence-corrected chi connectivity index (χ3v) is 2.31. The zero-order valence-electron chi connectivity index (χ0n) is 9.96. The van der Waals surface area contributed by atoms with Gasteiger partial charge >= 0.3 is 0 Å². The summed E-state index contributed by atoms with van der Waals surface area (Å²) in [5.74, 6) is -0.0744. The Kier molecular flexibility index (Phi) is 6.47. The zero-order chi connectivity index (χ0) is 11.9. The Balaban J connectivity index is 3.73. The first-order valence-corrected chi connectivity index (χ1v) is 5.08. The molecular weight excluding hydrogens is 196 g/mol. The molecule has 0 fully saturated rings. The molecule has 0 aliphatic carbocycles. The number of nitrogens with one attached hydrogen (secondary N) is 2. The van der Waals surface area contributed by atoms with E-state index in [4.69, 9.17) is 4.74 Å². The average molecular weight is 218 g/mol. The number of rotatable bonds is 7. The van der Waals surface area contributed by atoms with E-state index in [9.17, 15) is 9.90 Å². The van der Waals surface area contributed by atoms with Gasteiger partial charge in [-0.2, -0.15) is 0 Å². The van der Waals surface area contributed by atoms with Crippen LogP contribution in [0.4, 0.5) is 0 Å². The highest BCUT2D eigenvalue weighted by molar-refractivity contribution is 5.85. The predicted molar refractivity (Wildman–Crippen MR) is 58.6 cm³/mol. The van der Waals surface area contributed by atoms with Gasteiger partial charge < -0.3 is 20.5 Å². The summed E-state index contributed by atoms with van der Waals surface area (Å²) in [4.78, 5) is 11.5. The summed E-state index contributed by atoms with van der Waals surface area (Å²) >= 11 is 0. The summed E-state index contributed by atoms with van der Waals surface area (Å²) in [7, 11) is 3.27. The summed E-state index contributed by atoms with van der Waals surface area (Å²) in [6.07, 6.45) is -0.0210. The van der Waals surface area contributed by atoms with Gasteiger partial charge in [0.15, 0.2) is 0 Å². The molecule has 0 aromatic rings. The maximum atomic E-state index is 11.5. The second-order valence-corrected chi connectivity index (χ2v) is 4.03. The predicted octanol–water partition coefficient (Wildman–Crippen LogP) is -0.502. The molecule has 0 aromatic heterocycles. The highest BCUT2D eigenvalue weighted by atomic mass is 16.5. The monoisotopic (exact) mass is 218 g/mol. The SMILES string of the molecule is CNC(C)(C)C(=O)NCCC(O)COC. The molecule has 0 heterocycles. The fourth-order valence-electron chi connectivity index (χ4n) is 0.963. The fourth-order valence-corrected chi connectivity index (χ4v) is 0.963. The first kappa shape index (κ1) is 14.3. The first-order valence-electron chi connectivity index (χ1n) is 5.08. The number of hydrogen-bond donors (Lipinski definition) is 3. The lowest BCUT2D eigenvalue weighted by molar-refractivity contribution is -0.126. The Morgan fingerprint density at radius 3 is 2.60 bits per heavy atom. The van der Waals surface area contributed by atoms with E-state index < -0.39 is 11.6 Å². The van der Waals surface area contributed by atoms with E-state index in [1.54, 1.807) is 20.9 Å². The van der Waals surface area contributed by atoms with Gasteiger partial charge in [-0.25, -0.2) is 0 Å². The van der Waals surface area contributed by atoms with E-state index in [1.807, 2.05) is 0 Å². The summed E-state index contributed by atoms with van der Waals surface area (Å²) in [6.45, 7) is 4.35. The Morgan fingerprint density at radius 2 is 2.13 bits per heavy atom. The number of carbonyl (C=O) groups excluding carboxylic acids is 1. The molecule has 90 valence electrons. The number of hydrogen-bond acceptors (Lipinski definition) is 4. The molecule has 0 bridgehead atoms. The second-order valence-electron chi connectivity index (χ2n) is 4.03. The van der Waals surface area contributed by atoms with Crippen LogP contribution < -0.4 is 10.6 Å². The lowest BCUT2D eigenvalue weighted by Crippen LogP contribution is -2.51. The van der Waals surface area contributed by atoms with Crippen LogP contribution in [0.1, 0.15) is 20.3 Å². The quantitative estimate of drug-likeness (QED) is 0.538. The van der Waals surface area contributed by atoms with Gasteiger partial charge in [0, 0.05) is 13.7 Å². The molecule has 0 rings (SSSR count). The van der Waals surface area contributed by atoms with Crippen LogP contribution in [0.3, 0.4) is 0 Å². The van der Waals surface area contributed by atoms with Gasteiger partial charge in [-0.1, -0.05) is 0 Å². The van der Waals surface area contributed by atoms with Gasteiger partial charge in [0.1, 0.15) is 0 Å². The van der Waals surface area contributed by atoms with Gasteiger partial charge in [-0.3, -0.25) is 4.79 Å². The van der Waals surface area contributed by atoms with E-state index >= 15 is 0 Å². The summed E-state index contributed by atoms with van der Waals surface area (Å²) in [6, 6.07) is 0. The van der Waals surface area contributed by atoms with Gasteiger partial charge in [0.25, 0.3) is 0 Å². The molecular formula is C10H22N2O3. The van der Waals surface area contributed by atoms with E-state index in [2.05, 4.69) is 10.6 Å². The van der Waals surface area contributed by atoms with E-state index in [0.717, 1.165) is 0 Å². The average Bonchev–Trinajstić information content (AvgIpc) is 2.18. The molecule has 5 heteroatoms. The summed E-state index contributed by atoms with van der Waals surface area (Å²) in [5.41, 5.74) is -0.577. The van der Waals surface area contributed by atoms with Crippen LogP contribution in [0.25, 0.3) is 0 Å². The molecule has 0 saturated carbocycles. The van der Waals surface area contributed by atoms with Crippen molar-refractivity contribution >= 4 is 5.91 Å². The third kappa shape index (κ3) is 5.71. The minimum absolute atomic E-state index is 0.0744. The Bertz CT molecular complexity index is 195. The van der Waals surface area contributed by atoms with Crippen LogP contribution in [-0.4, -0.2) is 50.0 Å². The minimum Gasteiger partial charge on any atom is -0.391 e. The molecule has 0 spiro atoms. The molecule has 1 atom stereocenters. The maximum Gasteiger partial charge on any atom is 0.239 e. The van der Waals surface area contributed by atoms with Crippen LogP contribution in [0.2, 0.25) is 0 Å². The normalized spacial score (nSPS) is 13.7. The molecule has 0 saturated heterocycles. The smallest absolute Gasteiger partial charge is 0.239 e. The summed E-state index contributed by atoms with van der Waals surface area (Å²) < 4.78 is 4.77. The van der Waals surface area contributed by atoms with E-state index in [1.165, 1.54) is 7.11 Å². The molecule has 1 unspecified atom stereocenters. The molecule has 0 aliphatic rings. The van der Waals surface area contributed by atoms with Gasteiger partial charge in [0.2, 0.25) is 5.91 Å². The fraction of sp³-hybridized carbons (Fsp3) is 0.900. The lowest BCUT2D eigenvalue weighted by Gasteiger charge is -2.23. The maximum absolute atomic E-state index is 11.5. The van der Waals surface area contributed by atoms with E-state index in [0.29, 0.717) is 19.6 Å². The number of ether oxygens (including phenoxy) is 1. The highest BCUT2D eigenvalue weighted by Crippen LogP contribution is 2.00. The van der Waals surface area contributed by atoms with Gasteiger partial charge in [0.05, 0.1) is 18.2 Å². The number of aliphatic hydroxyl groups excluding tert-OH is 1. The molecule has 15 heavy (non-hydrogen) atoms. The molecule has 0 radical (unpaired) electrons. The molecule has 5 nitrogen and oxygen atoms in total. The van der Waals surface area contributed by atoms with Gasteiger partial charge in [-0.05, 0) is 27.3 Å². The van der Waals surface area contributed by atoms with Crippen molar-refractivity contribution in [3.63, 3.8) is 0 Å². The van der Waals surface area contributed by atoms with Crippen LogP contribution in [0.5, 0.6) is 0 Å². The Hall–Kier alpha value is -0.650. The van der Waals surface area contributed by atoms with Crippen molar-refractivity contribution in [1.82, 2.24) is 10.6 Å². The zero-order valence-corrected chi connectivity index (χ0v) is 9.96. The van der Waals surface area contributed by atoms with E-state index in [-0.39, 0.29) is 5.91 Å². The van der Waals surface area contributed by atoms with Crippen molar-refractivity contribution < 1.29 is 14.6 Å². The van der Waals surface area contributed by atoms with Crippen molar-refractivity contribution in [1.29, 1.82) is 0 Å². The van der Waals surface area contributed by atoms with Crippen molar-refractivity contribution in [3.05, 3.63) is 0 Å². The topological polar surface area (TPSA) is 70.6 Å². The largest absolute Gasteiger partial charge is 0.391 e. The number of carbonyl (C=O) groups is 1. The summed E-state index contributed by atoms with van der Waals surface area (Å²) in [5, 5.41) is 15.0. The molecule has 3 N–H and O–H groups in total. The van der Waals surface area contributed by atoms with Crippen LogP contribution in [-0.2, 0) is 9.53 Å². The number of likely N-dealkylation sites (N-methyl/N-ethyl adjacent to an activating group) is 1. The van der Waals surface area contributed by atoms with Crippen molar-refractivity contribution in [3.8, 4) is 0 Å². The molecule has 1 amide bonds. The molecule has 0 aliphatic heterocycles. The lowest BCUT2D eigenvalue weighted by atomic mass is 10.1.